The van der Waals surface area contributed by atoms with E-state index in [0.29, 0.717) is 13.1 Å². The lowest BCUT2D eigenvalue weighted by atomic mass is 10.2. The topological polar surface area (TPSA) is 56.9 Å². The molecular weight excluding hydrogens is 244 g/mol. The molecule has 1 aliphatic rings. The van der Waals surface area contributed by atoms with E-state index in [-0.39, 0.29) is 18.6 Å². The third-order valence-corrected chi connectivity index (χ3v) is 3.66. The number of carbonyl (C=O) groups excluding carboxylic acids is 1. The number of likely N-dealkylation sites (tertiary alicyclic amines) is 1. The van der Waals surface area contributed by atoms with Gasteiger partial charge in [0.25, 0.3) is 0 Å². The van der Waals surface area contributed by atoms with Crippen LogP contribution in [0.5, 0.6) is 0 Å². The van der Waals surface area contributed by atoms with Gasteiger partial charge in [-0.25, -0.2) is 0 Å². The normalized spacial score (nSPS) is 19.8. The zero-order chi connectivity index (χ0) is 13.8. The molecule has 1 saturated heterocycles. The highest BCUT2D eigenvalue weighted by Crippen LogP contribution is 2.16. The van der Waals surface area contributed by atoms with Gasteiger partial charge in [-0.05, 0) is 38.4 Å². The third kappa shape index (κ3) is 3.58. The molecule has 0 radical (unpaired) electrons. The Balaban J connectivity index is 1.85. The van der Waals surface area contributed by atoms with Crippen LogP contribution in [0.15, 0.2) is 16.5 Å². The molecule has 1 fully saturated rings. The lowest BCUT2D eigenvalue weighted by Gasteiger charge is -2.24. The number of rotatable bonds is 5. The number of nitrogens with zero attached hydrogens (tertiary/aromatic N) is 2. The molecule has 5 nitrogen and oxygen atoms in total. The van der Waals surface area contributed by atoms with Crippen molar-refractivity contribution in [2.45, 2.75) is 32.4 Å². The maximum atomic E-state index is 12.1. The second kappa shape index (κ2) is 6.21. The molecule has 2 heterocycles. The van der Waals surface area contributed by atoms with Crippen molar-refractivity contribution >= 4 is 5.91 Å². The van der Waals surface area contributed by atoms with Crippen LogP contribution in [0.2, 0.25) is 0 Å². The summed E-state index contributed by atoms with van der Waals surface area (Å²) in [6.07, 6.45) is 2.03. The lowest BCUT2D eigenvalue weighted by molar-refractivity contribution is -0.132. The molecule has 5 heteroatoms. The van der Waals surface area contributed by atoms with Gasteiger partial charge in [0.05, 0.1) is 19.7 Å². The van der Waals surface area contributed by atoms with Gasteiger partial charge >= 0.3 is 0 Å². The molecule has 1 amide bonds. The molecule has 1 atom stereocenters. The van der Waals surface area contributed by atoms with Crippen LogP contribution in [0.3, 0.4) is 0 Å². The summed E-state index contributed by atoms with van der Waals surface area (Å²) in [5.74, 6) is 1.72. The van der Waals surface area contributed by atoms with E-state index >= 15 is 0 Å². The SMILES string of the molecule is Cc1ccc(CN(C)C(=O)CN2CCC[C@@H]2CO)o1. The molecule has 0 aromatic carbocycles. The molecule has 0 unspecified atom stereocenters. The molecule has 106 valence electrons. The van der Waals surface area contributed by atoms with Gasteiger partial charge in [-0.1, -0.05) is 0 Å². The average molecular weight is 266 g/mol. The molecule has 1 N–H and O–H groups in total. The van der Waals surface area contributed by atoms with Gasteiger partial charge in [0.1, 0.15) is 11.5 Å². The van der Waals surface area contributed by atoms with Gasteiger partial charge in [-0.2, -0.15) is 0 Å². The average Bonchev–Trinajstić information content (AvgIpc) is 2.98. The third-order valence-electron chi connectivity index (χ3n) is 3.66. The number of aryl methyl sites for hydroxylation is 1. The first-order chi connectivity index (χ1) is 9.10. The second-order valence-corrected chi connectivity index (χ2v) is 5.21. The minimum absolute atomic E-state index is 0.0643. The fourth-order valence-corrected chi connectivity index (χ4v) is 2.50. The molecule has 1 aliphatic heterocycles. The van der Waals surface area contributed by atoms with Gasteiger partial charge in [-0.15, -0.1) is 0 Å². The van der Waals surface area contributed by atoms with Crippen molar-refractivity contribution in [3.8, 4) is 0 Å². The summed E-state index contributed by atoms with van der Waals surface area (Å²) in [4.78, 5) is 15.9. The second-order valence-electron chi connectivity index (χ2n) is 5.21. The van der Waals surface area contributed by atoms with Gasteiger partial charge in [0.2, 0.25) is 5.91 Å². The highest BCUT2D eigenvalue weighted by Gasteiger charge is 2.26. The first-order valence-corrected chi connectivity index (χ1v) is 6.74. The Hall–Kier alpha value is -1.33. The molecule has 1 aromatic heterocycles. The Bertz CT molecular complexity index is 430. The fraction of sp³-hybridized carbons (Fsp3) is 0.643. The summed E-state index contributed by atoms with van der Waals surface area (Å²) >= 11 is 0. The Morgan fingerprint density at radius 2 is 2.37 bits per heavy atom. The van der Waals surface area contributed by atoms with Crippen molar-refractivity contribution in [1.29, 1.82) is 0 Å². The number of furan rings is 1. The Morgan fingerprint density at radius 3 is 3.00 bits per heavy atom. The Morgan fingerprint density at radius 1 is 1.58 bits per heavy atom. The fourth-order valence-electron chi connectivity index (χ4n) is 2.50. The standard InChI is InChI=1S/C14H22N2O3/c1-11-5-6-13(19-11)8-15(2)14(18)9-16-7-3-4-12(16)10-17/h5-6,12,17H,3-4,7-10H2,1-2H3/t12-/m1/s1. The van der Waals surface area contributed by atoms with Crippen LogP contribution in [0.1, 0.15) is 24.4 Å². The largest absolute Gasteiger partial charge is 0.464 e. The predicted octanol–water partition coefficient (Wildman–Crippen LogP) is 1.00. The molecule has 19 heavy (non-hydrogen) atoms. The highest BCUT2D eigenvalue weighted by molar-refractivity contribution is 5.78. The van der Waals surface area contributed by atoms with E-state index in [1.165, 1.54) is 0 Å². The van der Waals surface area contributed by atoms with E-state index in [0.717, 1.165) is 30.9 Å². The van der Waals surface area contributed by atoms with Crippen molar-refractivity contribution in [1.82, 2.24) is 9.80 Å². The molecule has 0 bridgehead atoms. The van der Waals surface area contributed by atoms with Crippen molar-refractivity contribution in [3.05, 3.63) is 23.7 Å². The number of carbonyl (C=O) groups is 1. The van der Waals surface area contributed by atoms with Crippen LogP contribution >= 0.6 is 0 Å². The molecule has 1 aromatic rings. The molecule has 0 aliphatic carbocycles. The number of aliphatic hydroxyl groups is 1. The summed E-state index contributed by atoms with van der Waals surface area (Å²) in [5.41, 5.74) is 0. The van der Waals surface area contributed by atoms with Crippen LogP contribution in [0, 0.1) is 6.92 Å². The quantitative estimate of drug-likeness (QED) is 0.864. The number of hydrogen-bond donors (Lipinski definition) is 1. The minimum Gasteiger partial charge on any atom is -0.464 e. The highest BCUT2D eigenvalue weighted by atomic mass is 16.3. The molecule has 0 spiro atoms. The van der Waals surface area contributed by atoms with Crippen LogP contribution in [0.4, 0.5) is 0 Å². The van der Waals surface area contributed by atoms with E-state index < -0.39 is 0 Å². The summed E-state index contributed by atoms with van der Waals surface area (Å²) in [5, 5.41) is 9.24. The van der Waals surface area contributed by atoms with Gasteiger partial charge in [0.15, 0.2) is 0 Å². The smallest absolute Gasteiger partial charge is 0.236 e. The Labute approximate surface area is 113 Å². The van der Waals surface area contributed by atoms with Crippen LogP contribution in [-0.2, 0) is 11.3 Å². The lowest BCUT2D eigenvalue weighted by Crippen LogP contribution is -2.41. The van der Waals surface area contributed by atoms with Crippen molar-refractivity contribution < 1.29 is 14.3 Å². The number of amides is 1. The van der Waals surface area contributed by atoms with Gasteiger partial charge in [-0.3, -0.25) is 9.69 Å². The molecular formula is C14H22N2O3. The van der Waals surface area contributed by atoms with E-state index in [9.17, 15) is 9.90 Å². The number of likely N-dealkylation sites (N-methyl/N-ethyl adjacent to an activating group) is 1. The van der Waals surface area contributed by atoms with E-state index in [1.54, 1.807) is 11.9 Å². The van der Waals surface area contributed by atoms with Crippen molar-refractivity contribution in [2.24, 2.45) is 0 Å². The predicted molar refractivity (Wildman–Crippen MR) is 71.6 cm³/mol. The van der Waals surface area contributed by atoms with E-state index in [1.807, 2.05) is 19.1 Å². The zero-order valence-electron chi connectivity index (χ0n) is 11.6. The Kier molecular flexibility index (Phi) is 4.61. The minimum atomic E-state index is 0.0643. The van der Waals surface area contributed by atoms with Gasteiger partial charge in [0, 0.05) is 13.1 Å². The van der Waals surface area contributed by atoms with Crippen LogP contribution in [-0.4, -0.2) is 53.6 Å². The molecule has 2 rings (SSSR count). The first-order valence-electron chi connectivity index (χ1n) is 6.74. The zero-order valence-corrected chi connectivity index (χ0v) is 11.6. The first kappa shape index (κ1) is 14.1. The van der Waals surface area contributed by atoms with E-state index in [4.69, 9.17) is 4.42 Å². The van der Waals surface area contributed by atoms with Gasteiger partial charge < -0.3 is 14.4 Å². The summed E-state index contributed by atoms with van der Waals surface area (Å²) < 4.78 is 5.47. The maximum absolute atomic E-state index is 12.1. The number of hydrogen-bond acceptors (Lipinski definition) is 4. The van der Waals surface area contributed by atoms with Crippen molar-refractivity contribution in [2.75, 3.05) is 26.7 Å². The van der Waals surface area contributed by atoms with E-state index in [2.05, 4.69) is 4.90 Å². The van der Waals surface area contributed by atoms with Crippen LogP contribution < -0.4 is 0 Å². The summed E-state index contributed by atoms with van der Waals surface area (Å²) in [7, 11) is 1.78. The van der Waals surface area contributed by atoms with Crippen LogP contribution in [0.25, 0.3) is 0 Å². The maximum Gasteiger partial charge on any atom is 0.236 e. The van der Waals surface area contributed by atoms with Crippen molar-refractivity contribution in [3.63, 3.8) is 0 Å². The molecule has 0 saturated carbocycles. The monoisotopic (exact) mass is 266 g/mol. The number of aliphatic hydroxyl groups excluding tert-OH is 1. The summed E-state index contributed by atoms with van der Waals surface area (Å²) in [6.45, 7) is 3.78. The summed E-state index contributed by atoms with van der Waals surface area (Å²) in [6, 6.07) is 3.93.